The predicted molar refractivity (Wildman–Crippen MR) is 47.4 cm³/mol. The van der Waals surface area contributed by atoms with E-state index >= 15 is 0 Å². The summed E-state index contributed by atoms with van der Waals surface area (Å²) in [6.07, 6.45) is -0.562. The second-order valence-electron chi connectivity index (χ2n) is 3.12. The Labute approximate surface area is 77.7 Å². The highest BCUT2D eigenvalue weighted by Gasteiger charge is 2.31. The van der Waals surface area contributed by atoms with Gasteiger partial charge < -0.3 is 20.1 Å². The highest BCUT2D eigenvalue weighted by atomic mass is 16.5. The molecule has 5 heteroatoms. The van der Waals surface area contributed by atoms with Gasteiger partial charge in [-0.15, -0.1) is 0 Å². The van der Waals surface area contributed by atoms with Crippen molar-refractivity contribution in [3.05, 3.63) is 0 Å². The Bertz CT molecular complexity index is 186. The second-order valence-corrected chi connectivity index (χ2v) is 3.12. The zero-order valence-electron chi connectivity index (χ0n) is 7.99. The van der Waals surface area contributed by atoms with Crippen LogP contribution in [0.1, 0.15) is 6.92 Å². The van der Waals surface area contributed by atoms with Crippen molar-refractivity contribution in [2.45, 2.75) is 19.1 Å². The molecule has 0 spiro atoms. The molecule has 1 aliphatic heterocycles. The predicted octanol–water partition coefficient (Wildman–Crippen LogP) is -0.593. The first-order chi connectivity index (χ1) is 6.16. The van der Waals surface area contributed by atoms with Crippen LogP contribution in [0.25, 0.3) is 0 Å². The zero-order valence-corrected chi connectivity index (χ0v) is 7.99. The van der Waals surface area contributed by atoms with Crippen molar-refractivity contribution in [2.75, 3.05) is 26.8 Å². The molecule has 0 radical (unpaired) electrons. The van der Waals surface area contributed by atoms with Crippen molar-refractivity contribution in [2.24, 2.45) is 0 Å². The lowest BCUT2D eigenvalue weighted by atomic mass is 10.2. The van der Waals surface area contributed by atoms with E-state index in [1.165, 1.54) is 4.90 Å². The molecule has 0 unspecified atom stereocenters. The molecule has 2 N–H and O–H groups in total. The van der Waals surface area contributed by atoms with E-state index in [0.29, 0.717) is 19.8 Å². The first-order valence-electron chi connectivity index (χ1n) is 4.43. The molecular formula is C8H16N2O3. The number of rotatable bonds is 2. The maximum absolute atomic E-state index is 11.3. The molecule has 0 saturated carbocycles. The van der Waals surface area contributed by atoms with Crippen LogP contribution in [0.3, 0.4) is 0 Å². The summed E-state index contributed by atoms with van der Waals surface area (Å²) in [5.74, 6) is 0. The Balaban J connectivity index is 2.45. The largest absolute Gasteiger partial charge is 0.388 e. The highest BCUT2D eigenvalue weighted by molar-refractivity contribution is 5.74. The molecule has 2 atom stereocenters. The summed E-state index contributed by atoms with van der Waals surface area (Å²) in [7, 11) is 1.66. The van der Waals surface area contributed by atoms with Crippen LogP contribution >= 0.6 is 0 Å². The van der Waals surface area contributed by atoms with Crippen molar-refractivity contribution in [3.8, 4) is 0 Å². The van der Waals surface area contributed by atoms with Gasteiger partial charge in [0.25, 0.3) is 0 Å². The molecule has 1 heterocycles. The molecule has 1 rings (SSSR count). The van der Waals surface area contributed by atoms with Crippen molar-refractivity contribution in [1.29, 1.82) is 0 Å². The fourth-order valence-electron chi connectivity index (χ4n) is 1.33. The van der Waals surface area contributed by atoms with Crippen LogP contribution in [0, 0.1) is 0 Å². The standard InChI is InChI=1S/C8H16N2O3/c1-3-9-8(12)10(2)6-4-13-5-7(6)11/h6-7,11H,3-5H2,1-2H3,(H,9,12)/t6-,7-/m1/s1. The fraction of sp³-hybridized carbons (Fsp3) is 0.875. The molecule has 0 aromatic rings. The van der Waals surface area contributed by atoms with E-state index in [9.17, 15) is 9.90 Å². The number of hydrogen-bond donors (Lipinski definition) is 2. The van der Waals surface area contributed by atoms with Gasteiger partial charge in [0.15, 0.2) is 0 Å². The lowest BCUT2D eigenvalue weighted by Gasteiger charge is -2.25. The van der Waals surface area contributed by atoms with E-state index < -0.39 is 6.10 Å². The molecule has 1 aliphatic rings. The minimum absolute atomic E-state index is 0.169. The smallest absolute Gasteiger partial charge is 0.317 e. The number of carbonyl (C=O) groups is 1. The van der Waals surface area contributed by atoms with Crippen LogP contribution in [-0.2, 0) is 4.74 Å². The summed E-state index contributed by atoms with van der Waals surface area (Å²) >= 11 is 0. The van der Waals surface area contributed by atoms with Crippen LogP contribution < -0.4 is 5.32 Å². The molecule has 1 fully saturated rings. The van der Waals surface area contributed by atoms with Gasteiger partial charge in [0.05, 0.1) is 25.4 Å². The van der Waals surface area contributed by atoms with E-state index in [4.69, 9.17) is 4.74 Å². The fourth-order valence-corrected chi connectivity index (χ4v) is 1.33. The number of urea groups is 1. The van der Waals surface area contributed by atoms with E-state index in [1.807, 2.05) is 6.92 Å². The lowest BCUT2D eigenvalue weighted by Crippen LogP contribution is -2.48. The first-order valence-corrected chi connectivity index (χ1v) is 4.43. The third-order valence-electron chi connectivity index (χ3n) is 2.17. The number of aliphatic hydroxyl groups excluding tert-OH is 1. The Morgan fingerprint density at radius 3 is 2.85 bits per heavy atom. The Morgan fingerprint density at radius 1 is 1.69 bits per heavy atom. The van der Waals surface area contributed by atoms with Gasteiger partial charge in [-0.2, -0.15) is 0 Å². The monoisotopic (exact) mass is 188 g/mol. The maximum Gasteiger partial charge on any atom is 0.317 e. The Kier molecular flexibility index (Phi) is 3.50. The summed E-state index contributed by atoms with van der Waals surface area (Å²) in [4.78, 5) is 12.8. The molecule has 0 aliphatic carbocycles. The van der Waals surface area contributed by atoms with Crippen LogP contribution in [-0.4, -0.2) is 55.0 Å². The van der Waals surface area contributed by atoms with Crippen LogP contribution in [0.2, 0.25) is 0 Å². The summed E-state index contributed by atoms with van der Waals surface area (Å²) in [6.45, 7) is 3.17. The van der Waals surface area contributed by atoms with Gasteiger partial charge in [-0.3, -0.25) is 0 Å². The molecule has 0 aromatic heterocycles. The molecule has 1 saturated heterocycles. The SMILES string of the molecule is CCNC(=O)N(C)[C@@H]1COC[C@H]1O. The quantitative estimate of drug-likeness (QED) is 0.608. The average molecular weight is 188 g/mol. The number of carbonyl (C=O) groups excluding carboxylic acids is 1. The molecule has 76 valence electrons. The van der Waals surface area contributed by atoms with Gasteiger partial charge in [-0.25, -0.2) is 4.79 Å². The minimum atomic E-state index is -0.562. The van der Waals surface area contributed by atoms with Gasteiger partial charge in [0.1, 0.15) is 0 Å². The lowest BCUT2D eigenvalue weighted by molar-refractivity contribution is 0.103. The van der Waals surface area contributed by atoms with Crippen LogP contribution in [0.4, 0.5) is 4.79 Å². The Morgan fingerprint density at radius 2 is 2.38 bits per heavy atom. The number of likely N-dealkylation sites (N-methyl/N-ethyl adjacent to an activating group) is 1. The van der Waals surface area contributed by atoms with Crippen molar-refractivity contribution in [3.63, 3.8) is 0 Å². The zero-order chi connectivity index (χ0) is 9.84. The van der Waals surface area contributed by atoms with Gasteiger partial charge >= 0.3 is 6.03 Å². The number of aliphatic hydroxyl groups is 1. The van der Waals surface area contributed by atoms with E-state index in [2.05, 4.69) is 5.32 Å². The summed E-state index contributed by atoms with van der Waals surface area (Å²) < 4.78 is 5.05. The normalized spacial score (nSPS) is 27.3. The second kappa shape index (κ2) is 4.43. The third-order valence-corrected chi connectivity index (χ3v) is 2.17. The Hall–Kier alpha value is -0.810. The first kappa shape index (κ1) is 10.3. The number of amides is 2. The highest BCUT2D eigenvalue weighted by Crippen LogP contribution is 2.11. The van der Waals surface area contributed by atoms with Crippen LogP contribution in [0.5, 0.6) is 0 Å². The summed E-state index contributed by atoms with van der Waals surface area (Å²) in [5, 5.41) is 12.1. The van der Waals surface area contributed by atoms with Crippen molar-refractivity contribution in [1.82, 2.24) is 10.2 Å². The molecule has 0 aromatic carbocycles. The molecule has 2 amide bonds. The molecule has 13 heavy (non-hydrogen) atoms. The molecule has 5 nitrogen and oxygen atoms in total. The third kappa shape index (κ3) is 2.32. The van der Waals surface area contributed by atoms with Gasteiger partial charge in [0, 0.05) is 13.6 Å². The summed E-state index contributed by atoms with van der Waals surface area (Å²) in [5.41, 5.74) is 0. The number of hydrogen-bond acceptors (Lipinski definition) is 3. The van der Waals surface area contributed by atoms with E-state index in [-0.39, 0.29) is 12.1 Å². The molecule has 0 bridgehead atoms. The topological polar surface area (TPSA) is 61.8 Å². The van der Waals surface area contributed by atoms with E-state index in [1.54, 1.807) is 7.05 Å². The maximum atomic E-state index is 11.3. The average Bonchev–Trinajstić information content (AvgIpc) is 2.50. The van der Waals surface area contributed by atoms with Gasteiger partial charge in [-0.05, 0) is 6.92 Å². The minimum Gasteiger partial charge on any atom is -0.388 e. The summed E-state index contributed by atoms with van der Waals surface area (Å²) in [6, 6.07) is -0.386. The number of nitrogens with one attached hydrogen (secondary N) is 1. The number of nitrogens with zero attached hydrogens (tertiary/aromatic N) is 1. The van der Waals surface area contributed by atoms with Gasteiger partial charge in [-0.1, -0.05) is 0 Å². The van der Waals surface area contributed by atoms with Gasteiger partial charge in [0.2, 0.25) is 0 Å². The number of ether oxygens (including phenoxy) is 1. The van der Waals surface area contributed by atoms with Crippen molar-refractivity contribution < 1.29 is 14.6 Å². The molecular weight excluding hydrogens is 172 g/mol. The van der Waals surface area contributed by atoms with E-state index in [0.717, 1.165) is 0 Å². The van der Waals surface area contributed by atoms with Crippen molar-refractivity contribution >= 4 is 6.03 Å². The van der Waals surface area contributed by atoms with Crippen LogP contribution in [0.15, 0.2) is 0 Å².